The van der Waals surface area contributed by atoms with Crippen molar-refractivity contribution in [2.24, 2.45) is 5.73 Å². The second-order valence-corrected chi connectivity index (χ2v) is 3.32. The van der Waals surface area contributed by atoms with Crippen molar-refractivity contribution < 1.29 is 9.50 Å². The van der Waals surface area contributed by atoms with Gasteiger partial charge in [-0.3, -0.25) is 0 Å². The van der Waals surface area contributed by atoms with E-state index in [0.29, 0.717) is 0 Å². The molecule has 0 amide bonds. The van der Waals surface area contributed by atoms with Crippen LogP contribution in [-0.2, 0) is 0 Å². The minimum Gasteiger partial charge on any atom is -0.508 e. The fourth-order valence-electron chi connectivity index (χ4n) is 0.903. The smallest absolute Gasteiger partial charge is 0.141 e. The van der Waals surface area contributed by atoms with Gasteiger partial charge in [-0.2, -0.15) is 0 Å². The predicted octanol–water partition coefficient (Wildman–Crippen LogP) is 2.12. The number of phenols is 1. The first-order valence-corrected chi connectivity index (χ1v) is 4.27. The van der Waals surface area contributed by atoms with Gasteiger partial charge in [0.1, 0.15) is 11.9 Å². The van der Waals surface area contributed by atoms with Gasteiger partial charge in [-0.05, 0) is 18.2 Å². The third kappa shape index (κ3) is 1.95. The third-order valence-electron chi connectivity index (χ3n) is 1.53. The normalized spacial score (nSPS) is 12.9. The Hall–Kier alpha value is -0.610. The van der Waals surface area contributed by atoms with Gasteiger partial charge in [0.2, 0.25) is 0 Å². The molecule has 1 rings (SSSR count). The van der Waals surface area contributed by atoms with Crippen molar-refractivity contribution in [1.29, 1.82) is 0 Å². The van der Waals surface area contributed by atoms with Gasteiger partial charge >= 0.3 is 0 Å². The first kappa shape index (κ1) is 9.48. The van der Waals surface area contributed by atoms with E-state index in [1.807, 2.05) is 0 Å². The molecule has 1 unspecified atom stereocenters. The van der Waals surface area contributed by atoms with Crippen molar-refractivity contribution in [3.05, 3.63) is 28.2 Å². The van der Waals surface area contributed by atoms with Gasteiger partial charge in [0.05, 0.1) is 0 Å². The number of nitrogens with two attached hydrogens (primary N) is 1. The molecular weight excluding hydrogens is 225 g/mol. The molecule has 0 fully saturated rings. The third-order valence-corrected chi connectivity index (χ3v) is 2.03. The monoisotopic (exact) mass is 233 g/mol. The maximum atomic E-state index is 13.0. The number of hydrogen-bond acceptors (Lipinski definition) is 2. The van der Waals surface area contributed by atoms with Gasteiger partial charge in [-0.25, -0.2) is 4.39 Å². The SMILES string of the molecule is NCC(F)c1cc(Br)ccc1O. The molecule has 0 aromatic heterocycles. The number of hydrogen-bond donors (Lipinski definition) is 2. The van der Waals surface area contributed by atoms with Gasteiger partial charge in [0.15, 0.2) is 0 Å². The maximum Gasteiger partial charge on any atom is 0.141 e. The van der Waals surface area contributed by atoms with Crippen LogP contribution in [0.4, 0.5) is 4.39 Å². The number of benzene rings is 1. The molecule has 4 heteroatoms. The summed E-state index contributed by atoms with van der Waals surface area (Å²) in [6, 6.07) is 4.59. The summed E-state index contributed by atoms with van der Waals surface area (Å²) < 4.78 is 13.7. The zero-order valence-corrected chi connectivity index (χ0v) is 7.88. The molecule has 3 N–H and O–H groups in total. The fraction of sp³-hybridized carbons (Fsp3) is 0.250. The van der Waals surface area contributed by atoms with Crippen LogP contribution in [0.5, 0.6) is 5.75 Å². The molecule has 0 saturated heterocycles. The molecule has 0 aliphatic rings. The molecule has 0 aliphatic carbocycles. The Kier molecular flexibility index (Phi) is 3.05. The molecule has 0 radical (unpaired) electrons. The largest absolute Gasteiger partial charge is 0.508 e. The maximum absolute atomic E-state index is 13.0. The molecule has 1 atom stereocenters. The van der Waals surface area contributed by atoms with E-state index in [4.69, 9.17) is 5.73 Å². The standard InChI is InChI=1S/C8H9BrFNO/c9-5-1-2-8(12)6(3-5)7(10)4-11/h1-3,7,12H,4,11H2. The predicted molar refractivity (Wildman–Crippen MR) is 48.7 cm³/mol. The van der Waals surface area contributed by atoms with Crippen molar-refractivity contribution in [1.82, 2.24) is 0 Å². The molecule has 0 spiro atoms. The number of alkyl halides is 1. The van der Waals surface area contributed by atoms with Crippen LogP contribution in [0, 0.1) is 0 Å². The van der Waals surface area contributed by atoms with Gasteiger partial charge in [-0.15, -0.1) is 0 Å². The van der Waals surface area contributed by atoms with Crippen LogP contribution in [0.2, 0.25) is 0 Å². The number of aromatic hydroxyl groups is 1. The summed E-state index contributed by atoms with van der Waals surface area (Å²) in [5.74, 6) is -0.0591. The van der Waals surface area contributed by atoms with E-state index in [-0.39, 0.29) is 17.9 Å². The van der Waals surface area contributed by atoms with Gasteiger partial charge in [-0.1, -0.05) is 15.9 Å². The number of phenolic OH excluding ortho intramolecular Hbond substituents is 1. The van der Waals surface area contributed by atoms with Crippen molar-refractivity contribution in [3.8, 4) is 5.75 Å². The number of halogens is 2. The van der Waals surface area contributed by atoms with Gasteiger partial charge in [0.25, 0.3) is 0 Å². The van der Waals surface area contributed by atoms with Crippen molar-refractivity contribution in [2.45, 2.75) is 6.17 Å². The second kappa shape index (κ2) is 3.87. The molecule has 2 nitrogen and oxygen atoms in total. The lowest BCUT2D eigenvalue weighted by molar-refractivity contribution is 0.338. The Morgan fingerprint density at radius 3 is 2.83 bits per heavy atom. The summed E-state index contributed by atoms with van der Waals surface area (Å²) in [4.78, 5) is 0. The van der Waals surface area contributed by atoms with Crippen LogP contribution in [0.3, 0.4) is 0 Å². The topological polar surface area (TPSA) is 46.2 Å². The van der Waals surface area contributed by atoms with E-state index < -0.39 is 6.17 Å². The first-order chi connectivity index (χ1) is 5.65. The average Bonchev–Trinajstić information content (AvgIpc) is 2.08. The van der Waals surface area contributed by atoms with Gasteiger partial charge in [0, 0.05) is 16.6 Å². The molecule has 0 bridgehead atoms. The second-order valence-electron chi connectivity index (χ2n) is 2.41. The van der Waals surface area contributed by atoms with E-state index >= 15 is 0 Å². The zero-order valence-electron chi connectivity index (χ0n) is 6.30. The van der Waals surface area contributed by atoms with Crippen molar-refractivity contribution >= 4 is 15.9 Å². The summed E-state index contributed by atoms with van der Waals surface area (Å²) in [5, 5.41) is 9.22. The van der Waals surface area contributed by atoms with Crippen LogP contribution in [-0.4, -0.2) is 11.7 Å². The summed E-state index contributed by atoms with van der Waals surface area (Å²) in [6.07, 6.45) is -1.30. The summed E-state index contributed by atoms with van der Waals surface area (Å²) in [7, 11) is 0. The molecule has 0 aliphatic heterocycles. The van der Waals surface area contributed by atoms with Crippen LogP contribution in [0.25, 0.3) is 0 Å². The fourth-order valence-corrected chi connectivity index (χ4v) is 1.28. The Labute approximate surface area is 78.3 Å². The molecule has 1 aromatic rings. The molecule has 0 saturated carbocycles. The summed E-state index contributed by atoms with van der Waals surface area (Å²) >= 11 is 3.18. The molecule has 66 valence electrons. The Balaban J connectivity index is 3.04. The highest BCUT2D eigenvalue weighted by Crippen LogP contribution is 2.28. The van der Waals surface area contributed by atoms with E-state index in [9.17, 15) is 9.50 Å². The van der Waals surface area contributed by atoms with E-state index in [1.165, 1.54) is 12.1 Å². The highest BCUT2D eigenvalue weighted by atomic mass is 79.9. The average molecular weight is 234 g/mol. The molecule has 0 heterocycles. The van der Waals surface area contributed by atoms with Crippen molar-refractivity contribution in [2.75, 3.05) is 6.54 Å². The van der Waals surface area contributed by atoms with Crippen LogP contribution < -0.4 is 5.73 Å². The first-order valence-electron chi connectivity index (χ1n) is 3.47. The van der Waals surface area contributed by atoms with Gasteiger partial charge < -0.3 is 10.8 Å². The minimum absolute atomic E-state index is 0.0591. The molecule has 12 heavy (non-hydrogen) atoms. The van der Waals surface area contributed by atoms with Crippen LogP contribution in [0.1, 0.15) is 11.7 Å². The zero-order chi connectivity index (χ0) is 9.14. The minimum atomic E-state index is -1.30. The van der Waals surface area contributed by atoms with Crippen LogP contribution >= 0.6 is 15.9 Å². The lowest BCUT2D eigenvalue weighted by Crippen LogP contribution is -2.07. The molecule has 1 aromatic carbocycles. The summed E-state index contributed by atoms with van der Waals surface area (Å²) in [5.41, 5.74) is 5.35. The van der Waals surface area contributed by atoms with Crippen molar-refractivity contribution in [3.63, 3.8) is 0 Å². The summed E-state index contributed by atoms with van der Waals surface area (Å²) in [6.45, 7) is -0.121. The Morgan fingerprint density at radius 1 is 1.58 bits per heavy atom. The molecular formula is C8H9BrFNO. The van der Waals surface area contributed by atoms with E-state index in [1.54, 1.807) is 6.07 Å². The Bertz CT molecular complexity index is 280. The van der Waals surface area contributed by atoms with Crippen LogP contribution in [0.15, 0.2) is 22.7 Å². The lowest BCUT2D eigenvalue weighted by Gasteiger charge is -2.07. The highest BCUT2D eigenvalue weighted by molar-refractivity contribution is 9.10. The lowest BCUT2D eigenvalue weighted by atomic mass is 10.1. The Morgan fingerprint density at radius 2 is 2.25 bits per heavy atom. The quantitative estimate of drug-likeness (QED) is 0.823. The van der Waals surface area contributed by atoms with E-state index in [0.717, 1.165) is 4.47 Å². The number of rotatable bonds is 2. The van der Waals surface area contributed by atoms with E-state index in [2.05, 4.69) is 15.9 Å². The highest BCUT2D eigenvalue weighted by Gasteiger charge is 2.12.